The van der Waals surface area contributed by atoms with Crippen LogP contribution in [-0.2, 0) is 37.0 Å². The van der Waals surface area contributed by atoms with Crippen LogP contribution in [0.4, 0.5) is 0 Å². The van der Waals surface area contributed by atoms with E-state index in [-0.39, 0.29) is 73.7 Å². The topological polar surface area (TPSA) is 0 Å². The first kappa shape index (κ1) is 38.0. The fraction of sp³-hybridized carbons (Fsp3) is 0.302. The smallest absolute Gasteiger partial charge is 1.00 e. The van der Waals surface area contributed by atoms with Crippen molar-refractivity contribution in [2.75, 3.05) is 0 Å². The minimum absolute atomic E-state index is 0. The van der Waals surface area contributed by atoms with E-state index in [2.05, 4.69) is 165 Å². The third kappa shape index (κ3) is 7.18. The zero-order valence-electron chi connectivity index (χ0n) is 28.4. The van der Waals surface area contributed by atoms with Gasteiger partial charge >= 0.3 is 26.2 Å². The summed E-state index contributed by atoms with van der Waals surface area (Å²) >= 11 is 0. The van der Waals surface area contributed by atoms with Crippen molar-refractivity contribution in [3.63, 3.8) is 0 Å². The largest absolute Gasteiger partial charge is 3.00 e. The van der Waals surface area contributed by atoms with Crippen molar-refractivity contribution >= 4 is 17.2 Å². The molecule has 4 aromatic rings. The molecule has 2 aliphatic carbocycles. The zero-order valence-corrected chi connectivity index (χ0v) is 32.4. The molecule has 2 aliphatic rings. The van der Waals surface area contributed by atoms with Gasteiger partial charge < -0.3 is 24.8 Å². The van der Waals surface area contributed by atoms with Gasteiger partial charge in [0.2, 0.25) is 0 Å². The first-order valence-electron chi connectivity index (χ1n) is 15.9. The molecule has 0 N–H and O–H groups in total. The van der Waals surface area contributed by atoms with E-state index in [1.807, 2.05) is 0 Å². The van der Waals surface area contributed by atoms with Crippen molar-refractivity contribution in [1.82, 2.24) is 0 Å². The predicted molar refractivity (Wildman–Crippen MR) is 186 cm³/mol. The third-order valence-corrected chi connectivity index (χ3v) is 9.45. The molecule has 0 nitrogen and oxygen atoms in total. The summed E-state index contributed by atoms with van der Waals surface area (Å²) in [6.07, 6.45) is 11.8. The van der Waals surface area contributed by atoms with Crippen molar-refractivity contribution in [3.05, 3.63) is 147 Å². The first-order valence-corrected chi connectivity index (χ1v) is 15.9. The van der Waals surface area contributed by atoms with E-state index < -0.39 is 0 Å². The third-order valence-electron chi connectivity index (χ3n) is 9.45. The van der Waals surface area contributed by atoms with E-state index in [0.717, 1.165) is 6.42 Å². The molecular formula is C43H45Cl2Zr. The van der Waals surface area contributed by atoms with Gasteiger partial charge in [-0.1, -0.05) is 175 Å². The molecule has 2 unspecified atom stereocenters. The average molecular weight is 724 g/mol. The second kappa shape index (κ2) is 14.8. The van der Waals surface area contributed by atoms with E-state index >= 15 is 0 Å². The molecule has 0 bridgehead atoms. The number of fused-ring (bicyclic) bond motifs is 3. The summed E-state index contributed by atoms with van der Waals surface area (Å²) in [6, 6.07) is 31.7. The van der Waals surface area contributed by atoms with E-state index in [9.17, 15) is 0 Å². The molecule has 6 rings (SSSR count). The summed E-state index contributed by atoms with van der Waals surface area (Å²) < 4.78 is 0. The molecular weight excluding hydrogens is 679 g/mol. The predicted octanol–water partition coefficient (Wildman–Crippen LogP) is 4.07. The second-order valence-corrected chi connectivity index (χ2v) is 14.5. The van der Waals surface area contributed by atoms with Gasteiger partial charge in [0, 0.05) is 11.8 Å². The molecule has 2 atom stereocenters. The molecule has 1 radical (unpaired) electrons. The van der Waals surface area contributed by atoms with Gasteiger partial charge in [0.25, 0.3) is 0 Å². The van der Waals surface area contributed by atoms with Crippen molar-refractivity contribution in [2.45, 2.75) is 84.5 Å². The molecule has 0 saturated carbocycles. The van der Waals surface area contributed by atoms with Crippen molar-refractivity contribution in [1.29, 1.82) is 0 Å². The molecule has 235 valence electrons. The Morgan fingerprint density at radius 2 is 1.26 bits per heavy atom. The Balaban J connectivity index is 0.00000192. The molecule has 0 heterocycles. The van der Waals surface area contributed by atoms with Crippen LogP contribution in [0.1, 0.15) is 107 Å². The Morgan fingerprint density at radius 1 is 0.696 bits per heavy atom. The minimum atomic E-state index is -0.0752. The van der Waals surface area contributed by atoms with E-state index in [1.54, 1.807) is 0 Å². The van der Waals surface area contributed by atoms with Gasteiger partial charge in [0.15, 0.2) is 0 Å². The number of benzene rings is 4. The number of rotatable bonds is 5. The van der Waals surface area contributed by atoms with Gasteiger partial charge in [-0.2, -0.15) is 0 Å². The molecule has 0 aliphatic heterocycles. The summed E-state index contributed by atoms with van der Waals surface area (Å²) in [6.45, 7) is 18.9. The Hall–Kier alpha value is -2.44. The maximum atomic E-state index is 3.96. The maximum Gasteiger partial charge on any atom is 3.00 e. The zero-order chi connectivity index (χ0) is 30.5. The van der Waals surface area contributed by atoms with Crippen molar-refractivity contribution in [3.8, 4) is 11.1 Å². The van der Waals surface area contributed by atoms with Crippen LogP contribution in [0.5, 0.6) is 0 Å². The van der Waals surface area contributed by atoms with Gasteiger partial charge in [-0.05, 0) is 39.2 Å². The van der Waals surface area contributed by atoms with E-state index in [4.69, 9.17) is 0 Å². The molecule has 0 fully saturated rings. The van der Waals surface area contributed by atoms with Gasteiger partial charge in [0.1, 0.15) is 0 Å². The van der Waals surface area contributed by atoms with E-state index in [1.165, 1.54) is 66.1 Å². The second-order valence-electron chi connectivity index (χ2n) is 14.5. The molecule has 3 heteroatoms. The Morgan fingerprint density at radius 3 is 1.74 bits per heavy atom. The fourth-order valence-electron chi connectivity index (χ4n) is 7.15. The molecule has 0 aromatic heterocycles. The van der Waals surface area contributed by atoms with Crippen molar-refractivity contribution in [2.24, 2.45) is 0 Å². The van der Waals surface area contributed by atoms with Crippen LogP contribution >= 0.6 is 0 Å². The number of allylic oxidation sites excluding steroid dienone is 4. The summed E-state index contributed by atoms with van der Waals surface area (Å²) in [7, 11) is 0. The SMILES string of the molecule is CC(C(=c1cc2c(c(C3=CC=CC3)c1C(C)(C)C)=[C-]c1cc(C(C)(C)C)ccc1-2)C(C)c1ccccc1)c1ccccc1.[Cl-].[Cl-].[Zr+3]. The van der Waals surface area contributed by atoms with Crippen LogP contribution in [0.15, 0.2) is 103 Å². The van der Waals surface area contributed by atoms with Crippen LogP contribution in [0.2, 0.25) is 0 Å². The molecule has 0 saturated heterocycles. The molecule has 4 aromatic carbocycles. The van der Waals surface area contributed by atoms with Gasteiger partial charge in [-0.25, -0.2) is 0 Å². The van der Waals surface area contributed by atoms with Crippen LogP contribution < -0.4 is 35.3 Å². The standard InChI is InChI=1S/C43H45.2ClH.Zr/c1-28(30-17-11-9-12-18-30)39(29(2)31-19-13-10-14-20-31)38-27-36-35-24-23-34(42(3,4)5)25-33(35)26-37(36)40(32-21-15-16-22-32)41(38)43(6,7)8;;;/h9-21,23-25,27-29H,22H2,1-8H3;2*1H;/q-1;;;+3/p-2. The number of halogens is 2. The van der Waals surface area contributed by atoms with Crippen LogP contribution in [0.25, 0.3) is 28.3 Å². The summed E-state index contributed by atoms with van der Waals surface area (Å²) in [5.74, 6) is 0.493. The Kier molecular flexibility index (Phi) is 12.2. The Labute approximate surface area is 308 Å². The fourth-order valence-corrected chi connectivity index (χ4v) is 7.15. The van der Waals surface area contributed by atoms with Gasteiger partial charge in [-0.15, -0.1) is 34.1 Å². The molecule has 0 amide bonds. The maximum absolute atomic E-state index is 3.96. The Bertz CT molecular complexity index is 1820. The number of hydrogen-bond donors (Lipinski definition) is 0. The summed E-state index contributed by atoms with van der Waals surface area (Å²) in [4.78, 5) is 0. The summed E-state index contributed by atoms with van der Waals surface area (Å²) in [5, 5.41) is 2.67. The van der Waals surface area contributed by atoms with Gasteiger partial charge in [-0.3, -0.25) is 0 Å². The summed E-state index contributed by atoms with van der Waals surface area (Å²) in [5.41, 5.74) is 13.6. The molecule has 0 spiro atoms. The average Bonchev–Trinajstić information content (AvgIpc) is 3.64. The first-order chi connectivity index (χ1) is 20.4. The van der Waals surface area contributed by atoms with Crippen LogP contribution in [-0.4, -0.2) is 0 Å². The van der Waals surface area contributed by atoms with E-state index in [0.29, 0.717) is 0 Å². The molecule has 46 heavy (non-hydrogen) atoms. The van der Waals surface area contributed by atoms with Crippen molar-refractivity contribution < 1.29 is 51.0 Å². The quantitative estimate of drug-likeness (QED) is 0.240. The van der Waals surface area contributed by atoms with Crippen LogP contribution in [0, 0.1) is 0 Å². The number of hydrogen-bond acceptors (Lipinski definition) is 0. The monoisotopic (exact) mass is 721 g/mol. The van der Waals surface area contributed by atoms with Gasteiger partial charge in [0.05, 0.1) is 0 Å². The minimum Gasteiger partial charge on any atom is -1.00 e. The normalized spacial score (nSPS) is 14.4. The van der Waals surface area contributed by atoms with Crippen LogP contribution in [0.3, 0.4) is 0 Å².